The number of carbonyl (C=O) groups excluding carboxylic acids is 2. The Morgan fingerprint density at radius 3 is 2.29 bits per heavy atom. The first kappa shape index (κ1) is 31.0. The maximum Gasteiger partial charge on any atom is 0.227 e. The van der Waals surface area contributed by atoms with Crippen LogP contribution in [0.15, 0.2) is 67.3 Å². The van der Waals surface area contributed by atoms with Crippen molar-refractivity contribution in [2.75, 3.05) is 63.3 Å². The lowest BCUT2D eigenvalue weighted by atomic mass is 10.1. The highest BCUT2D eigenvalue weighted by molar-refractivity contribution is 6.32. The number of aryl methyl sites for hydroxylation is 2. The van der Waals surface area contributed by atoms with Crippen LogP contribution in [-0.2, 0) is 22.4 Å². The molecule has 0 radical (unpaired) electrons. The van der Waals surface area contributed by atoms with Crippen molar-refractivity contribution in [2.24, 2.45) is 0 Å². The van der Waals surface area contributed by atoms with E-state index in [1.54, 1.807) is 26.4 Å². The van der Waals surface area contributed by atoms with E-state index in [0.717, 1.165) is 35.6 Å². The number of anilines is 2. The van der Waals surface area contributed by atoms with Gasteiger partial charge in [-0.05, 0) is 49.2 Å². The van der Waals surface area contributed by atoms with E-state index in [4.69, 9.17) is 21.1 Å². The zero-order valence-electron chi connectivity index (χ0n) is 25.0. The summed E-state index contributed by atoms with van der Waals surface area (Å²) in [5, 5.41) is 0.454. The summed E-state index contributed by atoms with van der Waals surface area (Å²) in [5.74, 6) is 1.30. The molecule has 3 aromatic carbocycles. The van der Waals surface area contributed by atoms with Gasteiger partial charge in [-0.15, -0.1) is 6.58 Å². The fraction of sp³-hybridized carbons (Fsp3) is 0.353. The van der Waals surface area contributed by atoms with Crippen LogP contribution in [0.5, 0.6) is 11.5 Å². The summed E-state index contributed by atoms with van der Waals surface area (Å²) in [4.78, 5) is 32.3. The average molecular weight is 590 g/mol. The number of carbonyl (C=O) groups is 2. The highest BCUT2D eigenvalue weighted by Gasteiger charge is 2.24. The molecule has 1 amide bonds. The standard InChI is InChI=1S/C34H40ClN3O4/c1-6-13-38(32-12-7-24(2)18-25(32)3)23-28(39)19-26-8-10-27(11-9-26)36-14-16-37(17-15-36)34(40)22-30-31(35)20-29(41-4)21-33(30)42-5/h6-12,18,20-21H,1,13-17,19,22-23H2,2-5H3. The predicted octanol–water partition coefficient (Wildman–Crippen LogP) is 5.67. The summed E-state index contributed by atoms with van der Waals surface area (Å²) >= 11 is 6.43. The van der Waals surface area contributed by atoms with Crippen molar-refractivity contribution < 1.29 is 19.1 Å². The highest BCUT2D eigenvalue weighted by atomic mass is 35.5. The molecule has 0 N–H and O–H groups in total. The van der Waals surface area contributed by atoms with E-state index in [9.17, 15) is 9.59 Å². The van der Waals surface area contributed by atoms with E-state index >= 15 is 0 Å². The molecule has 1 saturated heterocycles. The third-order valence-electron chi connectivity index (χ3n) is 7.66. The highest BCUT2D eigenvalue weighted by Crippen LogP contribution is 2.33. The number of Topliss-reactive ketones (excluding diaryl/α,β-unsaturated/α-hetero) is 1. The molecular formula is C34H40ClN3O4. The van der Waals surface area contributed by atoms with Crippen LogP contribution >= 0.6 is 11.6 Å². The topological polar surface area (TPSA) is 62.3 Å². The van der Waals surface area contributed by atoms with Crippen LogP contribution in [0.4, 0.5) is 11.4 Å². The maximum atomic E-state index is 13.1. The second kappa shape index (κ2) is 14.3. The quantitative estimate of drug-likeness (QED) is 0.254. The van der Waals surface area contributed by atoms with Gasteiger partial charge in [-0.2, -0.15) is 0 Å². The monoisotopic (exact) mass is 589 g/mol. The summed E-state index contributed by atoms with van der Waals surface area (Å²) in [6.45, 7) is 11.7. The molecule has 1 aliphatic heterocycles. The average Bonchev–Trinajstić information content (AvgIpc) is 2.98. The zero-order chi connectivity index (χ0) is 30.2. The van der Waals surface area contributed by atoms with E-state index < -0.39 is 0 Å². The molecule has 1 aliphatic rings. The number of nitrogens with zero attached hydrogens (tertiary/aromatic N) is 3. The summed E-state index contributed by atoms with van der Waals surface area (Å²) in [7, 11) is 3.12. The van der Waals surface area contributed by atoms with Crippen molar-refractivity contribution in [2.45, 2.75) is 26.7 Å². The third-order valence-corrected chi connectivity index (χ3v) is 7.99. The molecule has 3 aromatic rings. The minimum absolute atomic E-state index is 0.0141. The molecule has 0 aliphatic carbocycles. The number of amides is 1. The summed E-state index contributed by atoms with van der Waals surface area (Å²) in [5.41, 5.74) is 6.16. The van der Waals surface area contributed by atoms with Gasteiger partial charge < -0.3 is 24.2 Å². The molecule has 0 bridgehead atoms. The van der Waals surface area contributed by atoms with Gasteiger partial charge in [0.1, 0.15) is 11.5 Å². The smallest absolute Gasteiger partial charge is 0.227 e. The SMILES string of the molecule is C=CCN(CC(=O)Cc1ccc(N2CCN(C(=O)Cc3c(Cl)cc(OC)cc3OC)CC2)cc1)c1ccc(C)cc1C. The Morgan fingerprint density at radius 2 is 1.67 bits per heavy atom. The number of methoxy groups -OCH3 is 2. The van der Waals surface area contributed by atoms with Crippen LogP contribution in [0, 0.1) is 13.8 Å². The molecule has 8 heteroatoms. The molecule has 42 heavy (non-hydrogen) atoms. The van der Waals surface area contributed by atoms with Crippen LogP contribution < -0.4 is 19.3 Å². The minimum Gasteiger partial charge on any atom is -0.497 e. The van der Waals surface area contributed by atoms with Crippen molar-refractivity contribution >= 4 is 34.7 Å². The van der Waals surface area contributed by atoms with E-state index in [-0.39, 0.29) is 18.1 Å². The third kappa shape index (κ3) is 7.65. The van der Waals surface area contributed by atoms with E-state index in [0.29, 0.717) is 54.7 Å². The lowest BCUT2D eigenvalue weighted by Crippen LogP contribution is -2.49. The lowest BCUT2D eigenvalue weighted by molar-refractivity contribution is -0.130. The van der Waals surface area contributed by atoms with Gasteiger partial charge in [0.15, 0.2) is 5.78 Å². The fourth-order valence-corrected chi connectivity index (χ4v) is 5.69. The number of hydrogen-bond donors (Lipinski definition) is 0. The molecule has 0 spiro atoms. The number of halogens is 1. The number of hydrogen-bond acceptors (Lipinski definition) is 6. The first-order valence-corrected chi connectivity index (χ1v) is 14.6. The van der Waals surface area contributed by atoms with E-state index in [1.807, 2.05) is 23.1 Å². The molecule has 0 atom stereocenters. The number of benzene rings is 3. The lowest BCUT2D eigenvalue weighted by Gasteiger charge is -2.36. The van der Waals surface area contributed by atoms with Crippen LogP contribution in [-0.4, -0.2) is 70.1 Å². The van der Waals surface area contributed by atoms with E-state index in [1.165, 1.54) is 5.56 Å². The van der Waals surface area contributed by atoms with Crippen LogP contribution in [0.1, 0.15) is 22.3 Å². The van der Waals surface area contributed by atoms with Gasteiger partial charge in [0, 0.05) is 62.1 Å². The number of ether oxygens (including phenoxy) is 2. The normalized spacial score (nSPS) is 13.1. The van der Waals surface area contributed by atoms with Gasteiger partial charge in [-0.25, -0.2) is 0 Å². The molecule has 7 nitrogen and oxygen atoms in total. The Bertz CT molecular complexity index is 1420. The summed E-state index contributed by atoms with van der Waals surface area (Å²) in [6.07, 6.45) is 2.38. The molecule has 0 saturated carbocycles. The molecule has 0 unspecified atom stereocenters. The van der Waals surface area contributed by atoms with Gasteiger partial charge in [0.25, 0.3) is 0 Å². The Kier molecular flexibility index (Phi) is 10.5. The van der Waals surface area contributed by atoms with Crippen molar-refractivity contribution in [3.05, 3.63) is 94.5 Å². The number of rotatable bonds is 12. The van der Waals surface area contributed by atoms with E-state index in [2.05, 4.69) is 60.6 Å². The Labute approximate surface area is 254 Å². The van der Waals surface area contributed by atoms with Crippen molar-refractivity contribution in [1.82, 2.24) is 4.90 Å². The number of ketones is 1. The van der Waals surface area contributed by atoms with Crippen molar-refractivity contribution in [3.63, 3.8) is 0 Å². The second-order valence-corrected chi connectivity index (χ2v) is 11.1. The van der Waals surface area contributed by atoms with Crippen molar-refractivity contribution in [3.8, 4) is 11.5 Å². The predicted molar refractivity (Wildman–Crippen MR) is 171 cm³/mol. The molecule has 0 aromatic heterocycles. The molecular weight excluding hydrogens is 550 g/mol. The first-order chi connectivity index (χ1) is 20.2. The van der Waals surface area contributed by atoms with Crippen LogP contribution in [0.3, 0.4) is 0 Å². The minimum atomic E-state index is 0.0141. The van der Waals surface area contributed by atoms with Crippen LogP contribution in [0.25, 0.3) is 0 Å². The Balaban J connectivity index is 1.31. The van der Waals surface area contributed by atoms with Gasteiger partial charge >= 0.3 is 0 Å². The van der Waals surface area contributed by atoms with Crippen LogP contribution in [0.2, 0.25) is 5.02 Å². The second-order valence-electron chi connectivity index (χ2n) is 10.7. The van der Waals surface area contributed by atoms with Crippen molar-refractivity contribution in [1.29, 1.82) is 0 Å². The largest absolute Gasteiger partial charge is 0.497 e. The van der Waals surface area contributed by atoms with Gasteiger partial charge in [0.2, 0.25) is 5.91 Å². The zero-order valence-corrected chi connectivity index (χ0v) is 25.7. The molecule has 222 valence electrons. The van der Waals surface area contributed by atoms with Gasteiger partial charge in [-0.1, -0.05) is 47.5 Å². The summed E-state index contributed by atoms with van der Waals surface area (Å²) in [6, 6.07) is 17.9. The molecule has 1 heterocycles. The fourth-order valence-electron chi connectivity index (χ4n) is 5.42. The number of piperazine rings is 1. The first-order valence-electron chi connectivity index (χ1n) is 14.2. The molecule has 1 fully saturated rings. The summed E-state index contributed by atoms with van der Waals surface area (Å²) < 4.78 is 10.7. The maximum absolute atomic E-state index is 13.1. The molecule has 4 rings (SSSR count). The Morgan fingerprint density at radius 1 is 0.952 bits per heavy atom. The Hall–Kier alpha value is -3.97. The van der Waals surface area contributed by atoms with Gasteiger partial charge in [-0.3, -0.25) is 9.59 Å². The van der Waals surface area contributed by atoms with Gasteiger partial charge in [0.05, 0.1) is 32.2 Å².